The minimum absolute atomic E-state index is 0.133. The third-order valence-electron chi connectivity index (χ3n) is 11.9. The van der Waals surface area contributed by atoms with Crippen LogP contribution in [0.2, 0.25) is 0 Å². The molecule has 0 bridgehead atoms. The maximum absolute atomic E-state index is 2.58. The van der Waals surface area contributed by atoms with Crippen molar-refractivity contribution in [2.75, 3.05) is 9.80 Å². The maximum Gasteiger partial charge on any atom is 0.252 e. The van der Waals surface area contributed by atoms with Gasteiger partial charge < -0.3 is 14.4 Å². The molecule has 0 unspecified atom stereocenters. The molecule has 0 atom stereocenters. The van der Waals surface area contributed by atoms with Crippen molar-refractivity contribution in [3.05, 3.63) is 169 Å². The molecule has 1 aliphatic carbocycles. The quantitative estimate of drug-likeness (QED) is 0.173. The number of hydrogen-bond acceptors (Lipinski definition) is 2. The molecule has 3 heterocycles. The number of benzene rings is 7. The first-order valence-electron chi connectivity index (χ1n) is 18.9. The summed E-state index contributed by atoms with van der Waals surface area (Å²) in [5, 5.41) is 2.55. The van der Waals surface area contributed by atoms with Crippen LogP contribution in [-0.2, 0) is 0 Å². The summed E-state index contributed by atoms with van der Waals surface area (Å²) in [5.74, 6) is 0.561. The lowest BCUT2D eigenvalue weighted by molar-refractivity contribution is 0.444. The van der Waals surface area contributed by atoms with E-state index in [1.165, 1.54) is 116 Å². The van der Waals surface area contributed by atoms with Crippen molar-refractivity contribution in [1.82, 2.24) is 4.57 Å². The summed E-state index contributed by atoms with van der Waals surface area (Å²) >= 11 is 0. The highest BCUT2D eigenvalue weighted by Crippen LogP contribution is 2.47. The summed E-state index contributed by atoms with van der Waals surface area (Å²) in [5.41, 5.74) is 16.7. The second-order valence-electron chi connectivity index (χ2n) is 14.8. The van der Waals surface area contributed by atoms with Gasteiger partial charge in [-0.2, -0.15) is 0 Å². The van der Waals surface area contributed by atoms with E-state index in [1.54, 1.807) is 0 Å². The normalized spacial score (nSPS) is 15.1. The Kier molecular flexibility index (Phi) is 6.73. The Morgan fingerprint density at radius 2 is 0.981 bits per heavy atom. The van der Waals surface area contributed by atoms with E-state index in [0.717, 1.165) is 0 Å². The fourth-order valence-electron chi connectivity index (χ4n) is 9.68. The van der Waals surface area contributed by atoms with Crippen molar-refractivity contribution in [3.8, 4) is 5.69 Å². The predicted octanol–water partition coefficient (Wildman–Crippen LogP) is 10.9. The molecule has 7 aromatic carbocycles. The molecule has 3 nitrogen and oxygen atoms in total. The molecule has 0 amide bonds. The molecule has 4 heteroatoms. The highest BCUT2D eigenvalue weighted by atomic mass is 15.2. The second kappa shape index (κ2) is 11.8. The van der Waals surface area contributed by atoms with Crippen molar-refractivity contribution < 1.29 is 0 Å². The standard InChI is InChI=1S/C48H38BN3/c1-4-16-33(17-5-1)34-30-46-48-47(31-34)52(37-28-29-39-38-22-10-13-25-42(38)50(45(39)32-37)35-18-6-2-7-19-35)44-27-15-12-24-41(44)49(48)40-23-11-14-26-43(40)51(46)36-20-8-3-9-21-36/h2-3,6-15,18-33H,1,4-5,16-17H2. The van der Waals surface area contributed by atoms with Crippen LogP contribution >= 0.6 is 0 Å². The van der Waals surface area contributed by atoms with E-state index in [1.807, 2.05) is 0 Å². The third kappa shape index (κ3) is 4.40. The highest BCUT2D eigenvalue weighted by molar-refractivity contribution is 7.00. The van der Waals surface area contributed by atoms with Crippen molar-refractivity contribution in [1.29, 1.82) is 0 Å². The van der Waals surface area contributed by atoms with Crippen molar-refractivity contribution in [2.45, 2.75) is 38.0 Å². The number of para-hydroxylation sites is 5. The molecule has 0 saturated heterocycles. The van der Waals surface area contributed by atoms with Gasteiger partial charge in [0.15, 0.2) is 0 Å². The number of aromatic nitrogens is 1. The van der Waals surface area contributed by atoms with Gasteiger partial charge in [0, 0.05) is 50.6 Å². The number of nitrogens with zero attached hydrogens (tertiary/aromatic N) is 3. The molecule has 0 N–H and O–H groups in total. The maximum atomic E-state index is 2.58. The minimum atomic E-state index is 0.133. The number of anilines is 6. The van der Waals surface area contributed by atoms with Crippen LogP contribution < -0.4 is 26.2 Å². The predicted molar refractivity (Wildman–Crippen MR) is 221 cm³/mol. The molecule has 1 aromatic heterocycles. The number of rotatable bonds is 4. The molecule has 11 rings (SSSR count). The molecule has 8 aromatic rings. The Balaban J connectivity index is 1.22. The van der Waals surface area contributed by atoms with Gasteiger partial charge >= 0.3 is 0 Å². The molecule has 2 aliphatic heterocycles. The van der Waals surface area contributed by atoms with Crippen molar-refractivity contribution in [3.63, 3.8) is 0 Å². The Hall–Kier alpha value is -6.00. The van der Waals surface area contributed by atoms with Crippen LogP contribution in [0.3, 0.4) is 0 Å². The van der Waals surface area contributed by atoms with Gasteiger partial charge in [0.1, 0.15) is 0 Å². The summed E-state index contributed by atoms with van der Waals surface area (Å²) < 4.78 is 2.44. The summed E-state index contributed by atoms with van der Waals surface area (Å²) in [6.45, 7) is 0.133. The van der Waals surface area contributed by atoms with E-state index in [9.17, 15) is 0 Å². The second-order valence-corrected chi connectivity index (χ2v) is 14.8. The number of fused-ring (bicyclic) bond motifs is 7. The lowest BCUT2D eigenvalue weighted by atomic mass is 9.33. The van der Waals surface area contributed by atoms with Crippen LogP contribution in [0.15, 0.2) is 164 Å². The van der Waals surface area contributed by atoms with E-state index >= 15 is 0 Å². The van der Waals surface area contributed by atoms with Gasteiger partial charge in [-0.15, -0.1) is 0 Å². The third-order valence-corrected chi connectivity index (χ3v) is 11.9. The first kappa shape index (κ1) is 29.7. The van der Waals surface area contributed by atoms with Crippen LogP contribution in [0.5, 0.6) is 0 Å². The molecule has 3 aliphatic rings. The average Bonchev–Trinajstić information content (AvgIpc) is 3.55. The molecule has 1 saturated carbocycles. The monoisotopic (exact) mass is 667 g/mol. The van der Waals surface area contributed by atoms with Gasteiger partial charge in [-0.25, -0.2) is 0 Å². The Bertz CT molecular complexity index is 2640. The van der Waals surface area contributed by atoms with E-state index in [0.29, 0.717) is 5.92 Å². The summed E-state index contributed by atoms with van der Waals surface area (Å²) in [7, 11) is 0. The minimum Gasteiger partial charge on any atom is -0.311 e. The van der Waals surface area contributed by atoms with E-state index in [2.05, 4.69) is 178 Å². The van der Waals surface area contributed by atoms with Gasteiger partial charge in [0.05, 0.1) is 11.0 Å². The fraction of sp³-hybridized carbons (Fsp3) is 0.125. The van der Waals surface area contributed by atoms with Crippen LogP contribution in [0.25, 0.3) is 27.5 Å². The summed E-state index contributed by atoms with van der Waals surface area (Å²) in [4.78, 5) is 5.13. The van der Waals surface area contributed by atoms with Crippen LogP contribution in [0.4, 0.5) is 34.1 Å². The SMILES string of the molecule is c1ccc(N2c3ccccc3B3c4ccccc4N(c4ccc5c6ccccc6n(-c6ccccc6)c5c4)c4cc(C5CCCCC5)cc2c43)cc1. The van der Waals surface area contributed by atoms with Gasteiger partial charge in [0.2, 0.25) is 0 Å². The zero-order chi connectivity index (χ0) is 34.2. The largest absolute Gasteiger partial charge is 0.311 e. The summed E-state index contributed by atoms with van der Waals surface area (Å²) in [6.07, 6.45) is 6.46. The average molecular weight is 668 g/mol. The van der Waals surface area contributed by atoms with Crippen molar-refractivity contribution >= 4 is 79.0 Å². The summed E-state index contributed by atoms with van der Waals surface area (Å²) in [6, 6.07) is 61.2. The Morgan fingerprint density at radius 1 is 0.423 bits per heavy atom. The lowest BCUT2D eigenvalue weighted by Gasteiger charge is -2.44. The zero-order valence-corrected chi connectivity index (χ0v) is 29.1. The zero-order valence-electron chi connectivity index (χ0n) is 29.1. The molecule has 52 heavy (non-hydrogen) atoms. The van der Waals surface area contributed by atoms with Crippen LogP contribution in [0.1, 0.15) is 43.6 Å². The van der Waals surface area contributed by atoms with E-state index in [-0.39, 0.29) is 6.71 Å². The molecule has 248 valence electrons. The molecular formula is C48H38BN3. The lowest BCUT2D eigenvalue weighted by Crippen LogP contribution is -2.61. The molecule has 1 fully saturated rings. The Labute approximate surface area is 305 Å². The highest BCUT2D eigenvalue weighted by Gasteiger charge is 2.43. The van der Waals surface area contributed by atoms with Crippen molar-refractivity contribution in [2.24, 2.45) is 0 Å². The topological polar surface area (TPSA) is 11.4 Å². The number of hydrogen-bond donors (Lipinski definition) is 0. The van der Waals surface area contributed by atoms with Gasteiger partial charge in [0.25, 0.3) is 6.71 Å². The van der Waals surface area contributed by atoms with Gasteiger partial charge in [-0.05, 0) is 107 Å². The first-order chi connectivity index (χ1) is 25.8. The molecular weight excluding hydrogens is 629 g/mol. The van der Waals surface area contributed by atoms with Gasteiger partial charge in [-0.1, -0.05) is 116 Å². The smallest absolute Gasteiger partial charge is 0.252 e. The van der Waals surface area contributed by atoms with Crippen LogP contribution in [0, 0.1) is 0 Å². The Morgan fingerprint density at radius 3 is 1.67 bits per heavy atom. The van der Waals surface area contributed by atoms with E-state index < -0.39 is 0 Å². The fourth-order valence-corrected chi connectivity index (χ4v) is 9.68. The molecule has 0 radical (unpaired) electrons. The van der Waals surface area contributed by atoms with Crippen LogP contribution in [-0.4, -0.2) is 11.3 Å². The molecule has 0 spiro atoms. The van der Waals surface area contributed by atoms with Gasteiger partial charge in [-0.3, -0.25) is 0 Å². The van der Waals surface area contributed by atoms with E-state index in [4.69, 9.17) is 0 Å². The first-order valence-corrected chi connectivity index (χ1v) is 18.9.